The molecule has 2 N–H and O–H groups in total. The number of benzene rings is 3. The minimum absolute atomic E-state index is 0.170. The summed E-state index contributed by atoms with van der Waals surface area (Å²) in [4.78, 5) is 47.8. The molecule has 2 aliphatic heterocycles. The predicted octanol–water partition coefficient (Wildman–Crippen LogP) is 7.62. The number of nitrogens with zero attached hydrogens (tertiary/aromatic N) is 6. The van der Waals surface area contributed by atoms with Crippen molar-refractivity contribution < 1.29 is 22.7 Å². The molecule has 1 aliphatic carbocycles. The molecule has 1 saturated carbocycles. The molecule has 0 spiro atoms. The monoisotopic (exact) mass is 876 g/mol. The van der Waals surface area contributed by atoms with Crippen LogP contribution in [0.15, 0.2) is 86.0 Å². The van der Waals surface area contributed by atoms with Crippen LogP contribution in [-0.4, -0.2) is 69.6 Å². The van der Waals surface area contributed by atoms with Gasteiger partial charge in [-0.15, -0.1) is 11.3 Å². The molecule has 1 amide bonds. The summed E-state index contributed by atoms with van der Waals surface area (Å²) >= 11 is 1.45. The van der Waals surface area contributed by atoms with E-state index in [1.165, 1.54) is 26.0 Å². The van der Waals surface area contributed by atoms with Gasteiger partial charge in [0.15, 0.2) is 5.82 Å². The Balaban J connectivity index is 1.10. The highest BCUT2D eigenvalue weighted by Gasteiger charge is 2.53. The molecule has 1 saturated heterocycles. The van der Waals surface area contributed by atoms with Gasteiger partial charge in [0.25, 0.3) is 5.91 Å². The molecular formula is C45H45FN8O6S2. The van der Waals surface area contributed by atoms with Crippen LogP contribution in [0, 0.1) is 24.4 Å². The van der Waals surface area contributed by atoms with Crippen LogP contribution in [0.5, 0.6) is 0 Å². The zero-order chi connectivity index (χ0) is 43.2. The standard InChI is InChI=1S/C45H45FN8O6S2/c1-5-62(47,58)32-9-7-30(8-10-32)52-18-19-53(44(52)57)40-36-27(4)51(17-12-34(36)49-54(40)31-22-25(2)38(46)26(3)23-31)41(55)39-37(45(15-16-45)42-48-43(56)60-50-42)33-11-6-29(24-35(33)61-39)28-13-20-59-21-14-28/h6-11,18-19,22-24,27-28,47H,5,12-17,20-21H2,1-4H3,(H,48,50,56)/t27-,62-/m0/s1. The van der Waals surface area contributed by atoms with Crippen LogP contribution in [0.3, 0.4) is 0 Å². The van der Waals surface area contributed by atoms with Crippen molar-refractivity contribution in [2.45, 2.75) is 82.1 Å². The number of hydrogen-bond acceptors (Lipinski definition) is 10. The Morgan fingerprint density at radius 3 is 2.39 bits per heavy atom. The van der Waals surface area contributed by atoms with Crippen molar-refractivity contribution in [3.05, 3.63) is 138 Å². The molecule has 10 rings (SSSR count). The number of rotatable bonds is 9. The molecule has 2 fully saturated rings. The van der Waals surface area contributed by atoms with Gasteiger partial charge < -0.3 is 9.64 Å². The number of aromatic nitrogens is 6. The van der Waals surface area contributed by atoms with Gasteiger partial charge in [-0.25, -0.2) is 27.6 Å². The summed E-state index contributed by atoms with van der Waals surface area (Å²) in [6, 6.07) is 15.9. The minimum Gasteiger partial charge on any atom is -0.381 e. The summed E-state index contributed by atoms with van der Waals surface area (Å²) < 4.78 is 52.3. The first-order valence-corrected chi connectivity index (χ1v) is 23.4. The topological polar surface area (TPSA) is 174 Å². The molecule has 62 heavy (non-hydrogen) atoms. The number of aryl methyl sites for hydroxylation is 2. The van der Waals surface area contributed by atoms with Gasteiger partial charge >= 0.3 is 11.4 Å². The number of thiophene rings is 1. The largest absolute Gasteiger partial charge is 0.438 e. The number of carbonyl (C=O) groups excluding carboxylic acids is 1. The van der Waals surface area contributed by atoms with Crippen LogP contribution in [0.1, 0.15) is 100 Å². The van der Waals surface area contributed by atoms with E-state index in [1.54, 1.807) is 74.2 Å². The third-order valence-electron chi connectivity index (χ3n) is 13.0. The minimum atomic E-state index is -2.96. The Hall–Kier alpha value is -5.91. The normalized spacial score (nSPS) is 18.5. The third-order valence-corrected chi connectivity index (χ3v) is 16.0. The van der Waals surface area contributed by atoms with Crippen molar-refractivity contribution in [3.63, 3.8) is 0 Å². The highest BCUT2D eigenvalue weighted by Crippen LogP contribution is 2.57. The van der Waals surface area contributed by atoms with Crippen LogP contribution in [0.4, 0.5) is 4.39 Å². The van der Waals surface area contributed by atoms with E-state index in [4.69, 9.17) is 19.1 Å². The van der Waals surface area contributed by atoms with Gasteiger partial charge in [-0.2, -0.15) is 5.10 Å². The van der Waals surface area contributed by atoms with Gasteiger partial charge in [-0.1, -0.05) is 24.2 Å². The van der Waals surface area contributed by atoms with Crippen LogP contribution in [0.25, 0.3) is 27.3 Å². The lowest BCUT2D eigenvalue weighted by Crippen LogP contribution is -2.39. The highest BCUT2D eigenvalue weighted by molar-refractivity contribution is 7.92. The first-order valence-electron chi connectivity index (χ1n) is 20.9. The van der Waals surface area contributed by atoms with Crippen molar-refractivity contribution in [1.82, 2.24) is 34.0 Å². The maximum atomic E-state index is 15.4. The van der Waals surface area contributed by atoms with Crippen LogP contribution in [-0.2, 0) is 26.3 Å². The molecule has 14 nitrogen and oxygen atoms in total. The van der Waals surface area contributed by atoms with Gasteiger partial charge in [0, 0.05) is 59.5 Å². The van der Waals surface area contributed by atoms with Gasteiger partial charge in [0.1, 0.15) is 11.6 Å². The zero-order valence-corrected chi connectivity index (χ0v) is 36.3. The van der Waals surface area contributed by atoms with E-state index in [-0.39, 0.29) is 17.5 Å². The molecule has 2 atom stereocenters. The average molecular weight is 877 g/mol. The summed E-state index contributed by atoms with van der Waals surface area (Å²) in [6.45, 7) is 8.78. The molecule has 0 radical (unpaired) electrons. The van der Waals surface area contributed by atoms with Gasteiger partial charge in [-0.05, 0) is 122 Å². The van der Waals surface area contributed by atoms with Gasteiger partial charge in [-0.3, -0.25) is 23.4 Å². The molecular weight excluding hydrogens is 832 g/mol. The number of imidazole rings is 1. The fraction of sp³-hybridized carbons (Fsp3) is 0.356. The first-order chi connectivity index (χ1) is 29.8. The predicted molar refractivity (Wildman–Crippen MR) is 233 cm³/mol. The van der Waals surface area contributed by atoms with E-state index in [0.717, 1.165) is 28.5 Å². The zero-order valence-electron chi connectivity index (χ0n) is 34.7. The number of hydrogen-bond donors (Lipinski definition) is 2. The molecule has 3 aromatic carbocycles. The SMILES string of the molecule is CC[S@](=N)(=O)c1ccc(-n2ccn(-c3c4c(nn3-c3cc(C)c(F)c(C)c3)CCN(C(=O)c3sc5cc(C6CCOCC6)ccc5c3C3(c5noc(=O)[nH]5)CC3)[C@H]4C)c2=O)cc1. The lowest BCUT2D eigenvalue weighted by molar-refractivity contribution is 0.0680. The molecule has 0 unspecified atom stereocenters. The average Bonchev–Trinajstić information content (AvgIpc) is 3.56. The fourth-order valence-corrected chi connectivity index (χ4v) is 11.7. The maximum absolute atomic E-state index is 15.4. The summed E-state index contributed by atoms with van der Waals surface area (Å²) in [5.74, 6) is 0.193. The van der Waals surface area contributed by atoms with Crippen molar-refractivity contribution >= 4 is 37.1 Å². The molecule has 17 heteroatoms. The van der Waals surface area contributed by atoms with Crippen LogP contribution >= 0.6 is 11.3 Å². The van der Waals surface area contributed by atoms with Crippen LogP contribution in [0.2, 0.25) is 0 Å². The van der Waals surface area contributed by atoms with Gasteiger partial charge in [0.2, 0.25) is 0 Å². The van der Waals surface area contributed by atoms with Crippen molar-refractivity contribution in [1.29, 1.82) is 4.78 Å². The molecule has 6 heterocycles. The smallest absolute Gasteiger partial charge is 0.381 e. The van der Waals surface area contributed by atoms with Crippen molar-refractivity contribution in [3.8, 4) is 17.2 Å². The fourth-order valence-electron chi connectivity index (χ4n) is 9.44. The number of fused-ring (bicyclic) bond motifs is 2. The number of nitrogens with one attached hydrogen (secondary N) is 2. The number of ether oxygens (including phenoxy) is 1. The number of H-pyrrole nitrogens is 1. The number of halogens is 1. The Bertz CT molecular complexity index is 3140. The number of amides is 1. The highest BCUT2D eigenvalue weighted by atomic mass is 32.2. The molecule has 3 aliphatic rings. The van der Waals surface area contributed by atoms with E-state index in [9.17, 15) is 13.8 Å². The Morgan fingerprint density at radius 1 is 1.02 bits per heavy atom. The second-order valence-electron chi connectivity index (χ2n) is 16.7. The molecule has 7 aromatic rings. The summed E-state index contributed by atoms with van der Waals surface area (Å²) in [5, 5.41) is 10.2. The van der Waals surface area contributed by atoms with Crippen molar-refractivity contribution in [2.24, 2.45) is 0 Å². The quantitative estimate of drug-likeness (QED) is 0.149. The van der Waals surface area contributed by atoms with Crippen molar-refractivity contribution in [2.75, 3.05) is 25.5 Å². The second-order valence-corrected chi connectivity index (χ2v) is 20.1. The van der Waals surface area contributed by atoms with E-state index in [2.05, 4.69) is 28.3 Å². The molecule has 0 bridgehead atoms. The van der Waals surface area contributed by atoms with Gasteiger partial charge in [0.05, 0.1) is 43.1 Å². The molecule has 320 valence electrons. The summed E-state index contributed by atoms with van der Waals surface area (Å²) in [7, 11) is -2.96. The Kier molecular flexibility index (Phi) is 9.64. The maximum Gasteiger partial charge on any atom is 0.438 e. The second kappa shape index (κ2) is 14.9. The number of carbonyl (C=O) groups is 1. The third kappa shape index (κ3) is 6.42. The first kappa shape index (κ1) is 40.2. The number of aromatic amines is 1. The molecule has 4 aromatic heterocycles. The van der Waals surface area contributed by atoms with E-state index >= 15 is 9.18 Å². The van der Waals surface area contributed by atoms with Crippen LogP contribution < -0.4 is 11.4 Å². The Labute approximate surface area is 359 Å². The van der Waals surface area contributed by atoms with E-state index in [0.29, 0.717) is 100 Å². The summed E-state index contributed by atoms with van der Waals surface area (Å²) in [5.41, 5.74) is 4.24. The lowest BCUT2D eigenvalue weighted by Gasteiger charge is -2.34. The summed E-state index contributed by atoms with van der Waals surface area (Å²) in [6.07, 6.45) is 6.88. The van der Waals surface area contributed by atoms with E-state index in [1.807, 2.05) is 11.8 Å². The van der Waals surface area contributed by atoms with E-state index < -0.39 is 32.6 Å². The lowest BCUT2D eigenvalue weighted by atomic mass is 9.88. The Morgan fingerprint density at radius 2 is 1.73 bits per heavy atom.